The highest BCUT2D eigenvalue weighted by atomic mass is 32.1. The third kappa shape index (κ3) is 4.45. The standard InChI is InChI=1S/C23H22N2O5S/c1-14-22(26)25(12-15-4-3-5-17(10-15)23(27)28)19-11-16(6-7-20(19)30-14)18-13-31-21(24-18)8-9-29-2/h3-7,10-11,13-14H,8-9,12H2,1-2H3,(H,27,28). The molecule has 0 bridgehead atoms. The van der Waals surface area contributed by atoms with Gasteiger partial charge in [-0.2, -0.15) is 0 Å². The molecule has 1 aliphatic heterocycles. The minimum Gasteiger partial charge on any atom is -0.479 e. The Labute approximate surface area is 183 Å². The number of ether oxygens (including phenoxy) is 2. The second kappa shape index (κ2) is 8.87. The molecule has 2 aromatic carbocycles. The Hall–Kier alpha value is -3.23. The molecule has 160 valence electrons. The fourth-order valence-electron chi connectivity index (χ4n) is 3.46. The van der Waals surface area contributed by atoms with E-state index in [2.05, 4.69) is 4.98 Å². The van der Waals surface area contributed by atoms with Crippen molar-refractivity contribution < 1.29 is 24.2 Å². The first-order chi connectivity index (χ1) is 15.0. The van der Waals surface area contributed by atoms with Crippen molar-refractivity contribution in [1.82, 2.24) is 4.98 Å². The van der Waals surface area contributed by atoms with Crippen LogP contribution in [0, 0.1) is 0 Å². The quantitative estimate of drug-likeness (QED) is 0.600. The summed E-state index contributed by atoms with van der Waals surface area (Å²) in [7, 11) is 1.66. The largest absolute Gasteiger partial charge is 0.479 e. The van der Waals surface area contributed by atoms with Gasteiger partial charge in [0, 0.05) is 24.5 Å². The lowest BCUT2D eigenvalue weighted by atomic mass is 10.1. The molecule has 2 heterocycles. The molecule has 0 radical (unpaired) electrons. The normalized spacial score (nSPS) is 15.5. The summed E-state index contributed by atoms with van der Waals surface area (Å²) in [5.74, 6) is -0.566. The SMILES string of the molecule is COCCc1nc(-c2ccc3c(c2)N(Cc2cccc(C(=O)O)c2)C(=O)C(C)O3)cs1. The Bertz CT molecular complexity index is 1130. The number of thiazole rings is 1. The van der Waals surface area contributed by atoms with Crippen LogP contribution < -0.4 is 9.64 Å². The molecular weight excluding hydrogens is 416 g/mol. The highest BCUT2D eigenvalue weighted by Crippen LogP contribution is 2.38. The van der Waals surface area contributed by atoms with Crippen molar-refractivity contribution in [3.63, 3.8) is 0 Å². The number of nitrogens with zero attached hydrogens (tertiary/aromatic N) is 2. The number of carbonyl (C=O) groups is 2. The first-order valence-electron chi connectivity index (χ1n) is 9.84. The van der Waals surface area contributed by atoms with Crippen LogP contribution in [0.1, 0.15) is 27.9 Å². The molecule has 0 fully saturated rings. The summed E-state index contributed by atoms with van der Waals surface area (Å²) in [6.45, 7) is 2.57. The van der Waals surface area contributed by atoms with Crippen molar-refractivity contribution in [2.24, 2.45) is 0 Å². The van der Waals surface area contributed by atoms with Gasteiger partial charge in [-0.05, 0) is 42.8 Å². The summed E-state index contributed by atoms with van der Waals surface area (Å²) in [6, 6.07) is 12.3. The minimum absolute atomic E-state index is 0.176. The van der Waals surface area contributed by atoms with Crippen molar-refractivity contribution in [2.75, 3.05) is 18.6 Å². The van der Waals surface area contributed by atoms with Crippen molar-refractivity contribution in [3.8, 4) is 17.0 Å². The number of carboxylic acids is 1. The van der Waals surface area contributed by atoms with Gasteiger partial charge >= 0.3 is 5.97 Å². The number of carbonyl (C=O) groups excluding carboxylic acids is 1. The predicted molar refractivity (Wildman–Crippen MR) is 118 cm³/mol. The second-order valence-electron chi connectivity index (χ2n) is 7.24. The number of hydrogen-bond acceptors (Lipinski definition) is 6. The molecule has 4 rings (SSSR count). The predicted octanol–water partition coefficient (Wildman–Crippen LogP) is 4.01. The van der Waals surface area contributed by atoms with Crippen LogP contribution in [0.3, 0.4) is 0 Å². The maximum atomic E-state index is 12.9. The van der Waals surface area contributed by atoms with Gasteiger partial charge in [0.15, 0.2) is 6.10 Å². The number of amides is 1. The zero-order valence-corrected chi connectivity index (χ0v) is 18.0. The summed E-state index contributed by atoms with van der Waals surface area (Å²) in [5.41, 5.74) is 3.28. The number of rotatable bonds is 7. The highest BCUT2D eigenvalue weighted by molar-refractivity contribution is 7.09. The van der Waals surface area contributed by atoms with E-state index in [-0.39, 0.29) is 18.0 Å². The van der Waals surface area contributed by atoms with Gasteiger partial charge in [-0.15, -0.1) is 11.3 Å². The lowest BCUT2D eigenvalue weighted by Crippen LogP contribution is -2.44. The first-order valence-corrected chi connectivity index (χ1v) is 10.7. The van der Waals surface area contributed by atoms with Gasteiger partial charge in [0.05, 0.1) is 35.1 Å². The number of fused-ring (bicyclic) bond motifs is 1. The number of aromatic nitrogens is 1. The lowest BCUT2D eigenvalue weighted by molar-refractivity contribution is -0.125. The van der Waals surface area contributed by atoms with Crippen molar-refractivity contribution in [1.29, 1.82) is 0 Å². The molecule has 8 heteroatoms. The van der Waals surface area contributed by atoms with Gasteiger partial charge in [-0.3, -0.25) is 4.79 Å². The number of carboxylic acid groups (broad SMARTS) is 1. The smallest absolute Gasteiger partial charge is 0.335 e. The van der Waals surface area contributed by atoms with Gasteiger partial charge < -0.3 is 19.5 Å². The summed E-state index contributed by atoms with van der Waals surface area (Å²) >= 11 is 1.57. The highest BCUT2D eigenvalue weighted by Gasteiger charge is 2.32. The Morgan fingerprint density at radius 1 is 1.29 bits per heavy atom. The number of hydrogen-bond donors (Lipinski definition) is 1. The molecule has 31 heavy (non-hydrogen) atoms. The maximum absolute atomic E-state index is 12.9. The maximum Gasteiger partial charge on any atom is 0.335 e. The molecular formula is C23H22N2O5S. The van der Waals surface area contributed by atoms with E-state index in [4.69, 9.17) is 9.47 Å². The van der Waals surface area contributed by atoms with Crippen molar-refractivity contribution in [2.45, 2.75) is 26.0 Å². The third-order valence-corrected chi connectivity index (χ3v) is 5.96. The molecule has 1 aliphatic rings. The van der Waals surface area contributed by atoms with Gasteiger partial charge in [-0.1, -0.05) is 12.1 Å². The number of benzene rings is 2. The van der Waals surface area contributed by atoms with Crippen LogP contribution in [0.2, 0.25) is 0 Å². The zero-order chi connectivity index (χ0) is 22.0. The summed E-state index contributed by atoms with van der Waals surface area (Å²) in [6.07, 6.45) is 0.123. The van der Waals surface area contributed by atoms with Gasteiger partial charge in [0.1, 0.15) is 5.75 Å². The first kappa shape index (κ1) is 21.0. The lowest BCUT2D eigenvalue weighted by Gasteiger charge is -2.33. The van der Waals surface area contributed by atoms with E-state index in [0.717, 1.165) is 28.2 Å². The molecule has 7 nitrogen and oxygen atoms in total. The van der Waals surface area contributed by atoms with Crippen LogP contribution in [-0.4, -0.2) is 41.8 Å². The Morgan fingerprint density at radius 2 is 2.13 bits per heavy atom. The summed E-state index contributed by atoms with van der Waals surface area (Å²) in [4.78, 5) is 30.6. The van der Waals surface area contributed by atoms with Crippen molar-refractivity contribution >= 4 is 28.9 Å². The molecule has 0 saturated carbocycles. The van der Waals surface area contributed by atoms with Crippen LogP contribution in [0.5, 0.6) is 5.75 Å². The minimum atomic E-state index is -1.00. The van der Waals surface area contributed by atoms with Gasteiger partial charge in [-0.25, -0.2) is 9.78 Å². The Morgan fingerprint density at radius 3 is 2.90 bits per heavy atom. The summed E-state index contributed by atoms with van der Waals surface area (Å²) in [5, 5.41) is 12.2. The second-order valence-corrected chi connectivity index (χ2v) is 8.18. The average Bonchev–Trinajstić information content (AvgIpc) is 3.24. The molecule has 1 unspecified atom stereocenters. The van der Waals surface area contributed by atoms with E-state index in [1.165, 1.54) is 6.07 Å². The molecule has 0 aliphatic carbocycles. The molecule has 1 atom stereocenters. The average molecular weight is 439 g/mol. The van der Waals surface area contributed by atoms with E-state index in [1.54, 1.807) is 42.4 Å². The van der Waals surface area contributed by atoms with E-state index in [1.807, 2.05) is 29.6 Å². The van der Waals surface area contributed by atoms with E-state index in [0.29, 0.717) is 18.0 Å². The third-order valence-electron chi connectivity index (χ3n) is 5.05. The van der Waals surface area contributed by atoms with E-state index in [9.17, 15) is 14.7 Å². The molecule has 0 saturated heterocycles. The topological polar surface area (TPSA) is 89.0 Å². The van der Waals surface area contributed by atoms with Crippen molar-refractivity contribution in [3.05, 3.63) is 64.0 Å². The fourth-order valence-corrected chi connectivity index (χ4v) is 4.25. The fraction of sp³-hybridized carbons (Fsp3) is 0.261. The number of aromatic carboxylic acids is 1. The molecule has 1 N–H and O–H groups in total. The van der Waals surface area contributed by atoms with Gasteiger partial charge in [0.25, 0.3) is 5.91 Å². The van der Waals surface area contributed by atoms with Crippen LogP contribution in [0.15, 0.2) is 47.8 Å². The zero-order valence-electron chi connectivity index (χ0n) is 17.2. The van der Waals surface area contributed by atoms with Crippen LogP contribution in [0.25, 0.3) is 11.3 Å². The van der Waals surface area contributed by atoms with Crippen LogP contribution in [0.4, 0.5) is 5.69 Å². The van der Waals surface area contributed by atoms with Crippen LogP contribution in [-0.2, 0) is 22.5 Å². The molecule has 3 aromatic rings. The monoisotopic (exact) mass is 438 g/mol. The molecule has 1 aromatic heterocycles. The summed E-state index contributed by atoms with van der Waals surface area (Å²) < 4.78 is 10.9. The molecule has 1 amide bonds. The van der Waals surface area contributed by atoms with E-state index < -0.39 is 12.1 Å². The Kier molecular flexibility index (Phi) is 6.01. The number of anilines is 1. The van der Waals surface area contributed by atoms with Gasteiger partial charge in [0.2, 0.25) is 0 Å². The molecule has 0 spiro atoms. The number of methoxy groups -OCH3 is 1. The van der Waals surface area contributed by atoms with Crippen LogP contribution >= 0.6 is 11.3 Å². The Balaban J connectivity index is 1.67. The van der Waals surface area contributed by atoms with E-state index >= 15 is 0 Å².